The van der Waals surface area contributed by atoms with Crippen LogP contribution in [0.25, 0.3) is 0 Å². The zero-order valence-electron chi connectivity index (χ0n) is 2.89. The van der Waals surface area contributed by atoms with Crippen LogP contribution in [0.15, 0.2) is 0 Å². The molecule has 0 aromatic carbocycles. The van der Waals surface area contributed by atoms with Crippen LogP contribution in [0.2, 0.25) is 0 Å². The Morgan fingerprint density at radius 2 is 2.20 bits per heavy atom. The molecule has 2 heteroatoms. The number of Topliss-reactive ketones (excluding diaryl/α,β-unsaturated/α-hetero) is 1. The summed E-state index contributed by atoms with van der Waals surface area (Å²) in [5.41, 5.74) is 0. The number of carbonyl (C=O) groups is 1. The quantitative estimate of drug-likeness (QED) is 0.436. The van der Waals surface area contributed by atoms with Crippen molar-refractivity contribution in [1.82, 2.24) is 0 Å². The SMILES string of the molecule is CC(=O)C=S. The van der Waals surface area contributed by atoms with Gasteiger partial charge in [0.15, 0.2) is 5.78 Å². The average Bonchev–Trinajstić information content (AvgIpc) is 1.38. The normalized spacial score (nSPS) is 6.60. The maximum atomic E-state index is 9.65. The van der Waals surface area contributed by atoms with Gasteiger partial charge in [-0.2, -0.15) is 0 Å². The van der Waals surface area contributed by atoms with Gasteiger partial charge in [0.1, 0.15) is 0 Å². The monoisotopic (exact) mass is 88.0 g/mol. The van der Waals surface area contributed by atoms with Crippen molar-refractivity contribution in [3.8, 4) is 0 Å². The molecule has 0 aliphatic heterocycles. The van der Waals surface area contributed by atoms with Crippen LogP contribution in [0.5, 0.6) is 0 Å². The van der Waals surface area contributed by atoms with Crippen LogP contribution in [-0.2, 0) is 4.79 Å². The fourth-order valence-electron chi connectivity index (χ4n) is 0. The molecular weight excluding hydrogens is 84.1 g/mol. The van der Waals surface area contributed by atoms with Gasteiger partial charge in [0.2, 0.25) is 0 Å². The molecule has 0 amide bonds. The third-order valence-electron chi connectivity index (χ3n) is 0.166. The van der Waals surface area contributed by atoms with Gasteiger partial charge >= 0.3 is 0 Å². The summed E-state index contributed by atoms with van der Waals surface area (Å²) in [6.07, 6.45) is 0. The van der Waals surface area contributed by atoms with E-state index in [1.54, 1.807) is 0 Å². The summed E-state index contributed by atoms with van der Waals surface area (Å²) in [6, 6.07) is 0. The molecule has 0 saturated heterocycles. The van der Waals surface area contributed by atoms with Crippen molar-refractivity contribution in [2.45, 2.75) is 6.92 Å². The Hall–Kier alpha value is -0.240. The van der Waals surface area contributed by atoms with E-state index in [4.69, 9.17) is 0 Å². The van der Waals surface area contributed by atoms with Crippen molar-refractivity contribution in [1.29, 1.82) is 0 Å². The Morgan fingerprint density at radius 3 is 2.20 bits per heavy atom. The van der Waals surface area contributed by atoms with Crippen molar-refractivity contribution >= 4 is 23.4 Å². The van der Waals surface area contributed by atoms with Crippen molar-refractivity contribution in [3.05, 3.63) is 0 Å². The van der Waals surface area contributed by atoms with Gasteiger partial charge in [-0.1, -0.05) is 12.2 Å². The molecule has 0 heterocycles. The molecule has 0 unspecified atom stereocenters. The molecule has 5 heavy (non-hydrogen) atoms. The molecule has 0 fully saturated rings. The number of ketones is 1. The lowest BCUT2D eigenvalue weighted by atomic mass is 10.5. The lowest BCUT2D eigenvalue weighted by Crippen LogP contribution is -1.83. The number of hydrogen-bond acceptors (Lipinski definition) is 2. The Morgan fingerprint density at radius 1 is 2.00 bits per heavy atom. The maximum absolute atomic E-state index is 9.65. The number of rotatable bonds is 1. The fourth-order valence-corrected chi connectivity index (χ4v) is 0. The van der Waals surface area contributed by atoms with E-state index < -0.39 is 0 Å². The van der Waals surface area contributed by atoms with E-state index in [0.717, 1.165) is 5.37 Å². The van der Waals surface area contributed by atoms with E-state index in [1.807, 2.05) is 0 Å². The van der Waals surface area contributed by atoms with Crippen LogP contribution in [-0.4, -0.2) is 11.2 Å². The largest absolute Gasteiger partial charge is 0.294 e. The van der Waals surface area contributed by atoms with E-state index in [-0.39, 0.29) is 5.78 Å². The van der Waals surface area contributed by atoms with Crippen LogP contribution >= 0.6 is 12.2 Å². The van der Waals surface area contributed by atoms with Gasteiger partial charge in [0, 0.05) is 5.37 Å². The highest BCUT2D eigenvalue weighted by Crippen LogP contribution is 1.54. The van der Waals surface area contributed by atoms with Crippen LogP contribution in [0.3, 0.4) is 0 Å². The third kappa shape index (κ3) is 3.76. The fraction of sp³-hybridized carbons (Fsp3) is 0.333. The summed E-state index contributed by atoms with van der Waals surface area (Å²) in [7, 11) is 0. The van der Waals surface area contributed by atoms with Gasteiger partial charge in [-0.3, -0.25) is 4.79 Å². The molecule has 0 aliphatic carbocycles. The molecule has 28 valence electrons. The topological polar surface area (TPSA) is 17.1 Å². The predicted octanol–water partition coefficient (Wildman–Crippen LogP) is 0.575. The van der Waals surface area contributed by atoms with Crippen molar-refractivity contribution in [2.24, 2.45) is 0 Å². The standard InChI is InChI=1S/C3H4OS/c1-3(4)2-5/h2H,1H3. The lowest BCUT2D eigenvalue weighted by Gasteiger charge is -1.60. The Balaban J connectivity index is 3.20. The first-order valence-electron chi connectivity index (χ1n) is 1.23. The molecule has 0 aromatic rings. The first-order valence-corrected chi connectivity index (χ1v) is 1.70. The van der Waals surface area contributed by atoms with Crippen molar-refractivity contribution in [3.63, 3.8) is 0 Å². The van der Waals surface area contributed by atoms with Crippen LogP contribution in [0, 0.1) is 0 Å². The van der Waals surface area contributed by atoms with E-state index in [0.29, 0.717) is 0 Å². The second kappa shape index (κ2) is 2.03. The molecule has 0 spiro atoms. The molecule has 0 radical (unpaired) electrons. The Kier molecular flexibility index (Phi) is 1.93. The van der Waals surface area contributed by atoms with E-state index >= 15 is 0 Å². The Bertz CT molecular complexity index is 57.9. The van der Waals surface area contributed by atoms with E-state index in [9.17, 15) is 4.79 Å². The summed E-state index contributed by atoms with van der Waals surface area (Å²) >= 11 is 4.20. The van der Waals surface area contributed by atoms with Gasteiger partial charge in [-0.25, -0.2) is 0 Å². The summed E-state index contributed by atoms with van der Waals surface area (Å²) in [5.74, 6) is -0.0556. The number of hydrogen-bond donors (Lipinski definition) is 0. The molecule has 0 atom stereocenters. The summed E-state index contributed by atoms with van der Waals surface area (Å²) in [4.78, 5) is 9.65. The summed E-state index contributed by atoms with van der Waals surface area (Å²) in [6.45, 7) is 1.42. The zero-order chi connectivity index (χ0) is 4.28. The van der Waals surface area contributed by atoms with Gasteiger partial charge in [-0.05, 0) is 6.92 Å². The first-order chi connectivity index (χ1) is 2.27. The molecule has 0 N–H and O–H groups in total. The Labute approximate surface area is 36.0 Å². The third-order valence-corrected chi connectivity index (χ3v) is 0.498. The lowest BCUT2D eigenvalue weighted by molar-refractivity contribution is -0.110. The summed E-state index contributed by atoms with van der Waals surface area (Å²) in [5, 5.41) is 1.11. The molecule has 0 saturated carbocycles. The predicted molar refractivity (Wildman–Crippen MR) is 24.3 cm³/mol. The minimum absolute atomic E-state index is 0.0556. The molecule has 0 aromatic heterocycles. The highest BCUT2D eigenvalue weighted by Gasteiger charge is 1.72. The molecule has 0 aliphatic rings. The minimum atomic E-state index is -0.0556. The maximum Gasteiger partial charge on any atom is 0.163 e. The number of thiocarbonyl (C=S) groups is 1. The van der Waals surface area contributed by atoms with Gasteiger partial charge in [0.25, 0.3) is 0 Å². The highest BCUT2D eigenvalue weighted by molar-refractivity contribution is 7.80. The van der Waals surface area contributed by atoms with Gasteiger partial charge in [-0.15, -0.1) is 0 Å². The number of carbonyl (C=O) groups excluding carboxylic acids is 1. The molecule has 0 rings (SSSR count). The van der Waals surface area contributed by atoms with Crippen LogP contribution in [0.1, 0.15) is 6.92 Å². The van der Waals surface area contributed by atoms with Crippen LogP contribution in [0.4, 0.5) is 0 Å². The van der Waals surface area contributed by atoms with Gasteiger partial charge < -0.3 is 0 Å². The second-order valence-corrected chi connectivity index (χ2v) is 0.964. The van der Waals surface area contributed by atoms with E-state index in [1.165, 1.54) is 6.92 Å². The van der Waals surface area contributed by atoms with Crippen molar-refractivity contribution < 1.29 is 4.79 Å². The van der Waals surface area contributed by atoms with E-state index in [2.05, 4.69) is 12.2 Å². The minimum Gasteiger partial charge on any atom is -0.294 e. The average molecular weight is 88.1 g/mol. The van der Waals surface area contributed by atoms with Crippen molar-refractivity contribution in [2.75, 3.05) is 0 Å². The molecular formula is C3H4OS. The molecule has 0 bridgehead atoms. The highest BCUT2D eigenvalue weighted by atomic mass is 32.1. The first kappa shape index (κ1) is 4.76. The second-order valence-electron chi connectivity index (χ2n) is 0.729. The summed E-state index contributed by atoms with van der Waals surface area (Å²) < 4.78 is 0. The van der Waals surface area contributed by atoms with Gasteiger partial charge in [0.05, 0.1) is 0 Å². The molecule has 1 nitrogen and oxygen atoms in total. The zero-order valence-corrected chi connectivity index (χ0v) is 3.71. The van der Waals surface area contributed by atoms with Crippen LogP contribution < -0.4 is 0 Å². The smallest absolute Gasteiger partial charge is 0.163 e.